The first-order chi connectivity index (χ1) is 11.3. The van der Waals surface area contributed by atoms with Gasteiger partial charge in [0.2, 0.25) is 5.88 Å². The van der Waals surface area contributed by atoms with Crippen LogP contribution in [0, 0.1) is 0 Å². The van der Waals surface area contributed by atoms with E-state index >= 15 is 0 Å². The van der Waals surface area contributed by atoms with Crippen molar-refractivity contribution in [2.75, 3.05) is 27.3 Å². The highest BCUT2D eigenvalue weighted by Crippen LogP contribution is 2.22. The molecule has 7 heteroatoms. The molecule has 0 unspecified atom stereocenters. The van der Waals surface area contributed by atoms with Gasteiger partial charge < -0.3 is 20.1 Å². The van der Waals surface area contributed by atoms with Crippen LogP contribution in [-0.4, -0.2) is 44.4 Å². The highest BCUT2D eigenvalue weighted by atomic mass is 127. The van der Waals surface area contributed by atoms with Gasteiger partial charge in [-0.3, -0.25) is 4.99 Å². The largest absolute Gasteiger partial charge is 0.474 e. The summed E-state index contributed by atoms with van der Waals surface area (Å²) in [6.07, 6.45) is 7.99. The van der Waals surface area contributed by atoms with Crippen molar-refractivity contribution in [2.24, 2.45) is 4.99 Å². The van der Waals surface area contributed by atoms with Crippen molar-refractivity contribution in [2.45, 2.75) is 44.8 Å². The Kier molecular flexibility index (Phi) is 10.7. The van der Waals surface area contributed by atoms with Crippen LogP contribution in [0.3, 0.4) is 0 Å². The van der Waals surface area contributed by atoms with Crippen LogP contribution >= 0.6 is 24.0 Å². The first-order valence-corrected chi connectivity index (χ1v) is 8.37. The molecule has 1 aromatic heterocycles. The predicted molar refractivity (Wildman–Crippen MR) is 107 cm³/mol. The minimum absolute atomic E-state index is 0. The lowest BCUT2D eigenvalue weighted by Gasteiger charge is -2.13. The molecule has 24 heavy (non-hydrogen) atoms. The molecule has 0 atom stereocenters. The summed E-state index contributed by atoms with van der Waals surface area (Å²) in [4.78, 5) is 8.59. The number of aromatic nitrogens is 1. The van der Waals surface area contributed by atoms with Crippen molar-refractivity contribution in [3.8, 4) is 5.88 Å². The number of ether oxygens (including phenoxy) is 2. The zero-order valence-corrected chi connectivity index (χ0v) is 16.9. The zero-order valence-electron chi connectivity index (χ0n) is 14.6. The van der Waals surface area contributed by atoms with E-state index in [1.165, 1.54) is 12.8 Å². The van der Waals surface area contributed by atoms with E-state index in [9.17, 15) is 0 Å². The maximum Gasteiger partial charge on any atom is 0.213 e. The van der Waals surface area contributed by atoms with E-state index in [1.807, 2.05) is 18.3 Å². The van der Waals surface area contributed by atoms with E-state index < -0.39 is 0 Å². The lowest BCUT2D eigenvalue weighted by Crippen LogP contribution is -2.37. The maximum atomic E-state index is 5.87. The van der Waals surface area contributed by atoms with Gasteiger partial charge in [-0.05, 0) is 37.7 Å². The summed E-state index contributed by atoms with van der Waals surface area (Å²) >= 11 is 0. The summed E-state index contributed by atoms with van der Waals surface area (Å²) in [6.45, 7) is 2.26. The number of guanidine groups is 1. The van der Waals surface area contributed by atoms with Gasteiger partial charge in [0.05, 0.1) is 0 Å². The van der Waals surface area contributed by atoms with Gasteiger partial charge in [0.1, 0.15) is 6.10 Å². The summed E-state index contributed by atoms with van der Waals surface area (Å²) in [6, 6.07) is 3.99. The Bertz CT molecular complexity index is 476. The van der Waals surface area contributed by atoms with E-state index in [4.69, 9.17) is 9.47 Å². The molecule has 2 N–H and O–H groups in total. The maximum absolute atomic E-state index is 5.87. The Labute approximate surface area is 161 Å². The van der Waals surface area contributed by atoms with Crippen LogP contribution in [0.25, 0.3) is 0 Å². The second-order valence-electron chi connectivity index (χ2n) is 5.73. The van der Waals surface area contributed by atoms with Crippen molar-refractivity contribution in [1.29, 1.82) is 0 Å². The van der Waals surface area contributed by atoms with E-state index in [1.54, 1.807) is 14.2 Å². The molecule has 1 aromatic rings. The molecular weight excluding hydrogens is 419 g/mol. The van der Waals surface area contributed by atoms with Crippen LogP contribution in [0.2, 0.25) is 0 Å². The molecule has 6 nitrogen and oxygen atoms in total. The lowest BCUT2D eigenvalue weighted by molar-refractivity contribution is 0.195. The normalized spacial score (nSPS) is 15.0. The Morgan fingerprint density at radius 3 is 2.71 bits per heavy atom. The van der Waals surface area contributed by atoms with E-state index in [-0.39, 0.29) is 24.0 Å². The molecule has 1 saturated carbocycles. The van der Waals surface area contributed by atoms with E-state index in [2.05, 4.69) is 20.6 Å². The van der Waals surface area contributed by atoms with Gasteiger partial charge in [-0.2, -0.15) is 0 Å². The first-order valence-electron chi connectivity index (χ1n) is 8.37. The van der Waals surface area contributed by atoms with Crippen LogP contribution in [0.1, 0.15) is 37.7 Å². The van der Waals surface area contributed by atoms with Gasteiger partial charge in [0, 0.05) is 46.1 Å². The van der Waals surface area contributed by atoms with Gasteiger partial charge in [-0.15, -0.1) is 24.0 Å². The molecule has 136 valence electrons. The van der Waals surface area contributed by atoms with Crippen LogP contribution in [0.15, 0.2) is 23.3 Å². The SMILES string of the molecule is CN=C(NCCCOC)NCc1ccc(OC2CCCC2)nc1.I. The zero-order chi connectivity index (χ0) is 16.3. The number of methoxy groups -OCH3 is 1. The molecule has 0 radical (unpaired) electrons. The standard InChI is InChI=1S/C17H28N4O2.HI/c1-18-17(19-10-5-11-22-2)21-13-14-8-9-16(20-12-14)23-15-6-3-4-7-15;/h8-9,12,15H,3-7,10-11,13H2,1-2H3,(H2,18,19,21);1H. The summed E-state index contributed by atoms with van der Waals surface area (Å²) < 4.78 is 10.9. The second kappa shape index (κ2) is 12.3. The fraction of sp³-hybridized carbons (Fsp3) is 0.647. The van der Waals surface area contributed by atoms with Crippen molar-refractivity contribution in [1.82, 2.24) is 15.6 Å². The number of nitrogens with one attached hydrogen (secondary N) is 2. The number of rotatable bonds is 8. The number of nitrogens with zero attached hydrogens (tertiary/aromatic N) is 2. The van der Waals surface area contributed by atoms with Gasteiger partial charge in [0.25, 0.3) is 0 Å². The first kappa shape index (κ1) is 21.0. The molecule has 1 heterocycles. The molecule has 1 aliphatic carbocycles. The van der Waals surface area contributed by atoms with Gasteiger partial charge in [0.15, 0.2) is 5.96 Å². The van der Waals surface area contributed by atoms with Crippen LogP contribution in [0.5, 0.6) is 5.88 Å². The fourth-order valence-electron chi connectivity index (χ4n) is 2.59. The van der Waals surface area contributed by atoms with Crippen LogP contribution in [-0.2, 0) is 11.3 Å². The monoisotopic (exact) mass is 448 g/mol. The third kappa shape index (κ3) is 7.65. The quantitative estimate of drug-likeness (QED) is 0.277. The third-order valence-corrected chi connectivity index (χ3v) is 3.89. The van der Waals surface area contributed by atoms with Crippen LogP contribution < -0.4 is 15.4 Å². The molecule has 0 amide bonds. The molecule has 2 rings (SSSR count). The van der Waals surface area contributed by atoms with Gasteiger partial charge in [-0.1, -0.05) is 6.07 Å². The number of halogens is 1. The molecule has 0 aliphatic heterocycles. The smallest absolute Gasteiger partial charge is 0.213 e. The summed E-state index contributed by atoms with van der Waals surface area (Å²) in [5.41, 5.74) is 1.10. The third-order valence-electron chi connectivity index (χ3n) is 3.89. The van der Waals surface area contributed by atoms with Gasteiger partial charge in [-0.25, -0.2) is 4.98 Å². The molecule has 0 saturated heterocycles. The molecule has 1 aliphatic rings. The summed E-state index contributed by atoms with van der Waals surface area (Å²) in [5, 5.41) is 6.52. The van der Waals surface area contributed by atoms with Crippen molar-refractivity contribution in [3.63, 3.8) is 0 Å². The summed E-state index contributed by atoms with van der Waals surface area (Å²) in [5.74, 6) is 1.51. The highest BCUT2D eigenvalue weighted by molar-refractivity contribution is 14.0. The highest BCUT2D eigenvalue weighted by Gasteiger charge is 2.16. The van der Waals surface area contributed by atoms with Crippen LogP contribution in [0.4, 0.5) is 0 Å². The number of pyridine rings is 1. The number of aliphatic imine (C=N–C) groups is 1. The van der Waals surface area contributed by atoms with E-state index in [0.717, 1.165) is 49.8 Å². The Balaban J connectivity index is 0.00000288. The second-order valence-corrected chi connectivity index (χ2v) is 5.73. The molecule has 0 bridgehead atoms. The minimum atomic E-state index is 0. The number of hydrogen-bond donors (Lipinski definition) is 2. The molecule has 0 aromatic carbocycles. The van der Waals surface area contributed by atoms with Crippen molar-refractivity contribution < 1.29 is 9.47 Å². The Hall–Kier alpha value is -1.09. The van der Waals surface area contributed by atoms with E-state index in [0.29, 0.717) is 12.6 Å². The minimum Gasteiger partial charge on any atom is -0.474 e. The fourth-order valence-corrected chi connectivity index (χ4v) is 2.59. The molecule has 0 spiro atoms. The Morgan fingerprint density at radius 1 is 1.29 bits per heavy atom. The van der Waals surface area contributed by atoms with Crippen molar-refractivity contribution >= 4 is 29.9 Å². The van der Waals surface area contributed by atoms with Gasteiger partial charge >= 0.3 is 0 Å². The molecular formula is C17H29IN4O2. The topological polar surface area (TPSA) is 67.8 Å². The number of hydrogen-bond acceptors (Lipinski definition) is 4. The average molecular weight is 448 g/mol. The predicted octanol–water partition coefficient (Wildman–Crippen LogP) is 2.72. The Morgan fingerprint density at radius 2 is 2.08 bits per heavy atom. The lowest BCUT2D eigenvalue weighted by atomic mass is 10.3. The molecule has 1 fully saturated rings. The summed E-state index contributed by atoms with van der Waals surface area (Å²) in [7, 11) is 3.47. The van der Waals surface area contributed by atoms with Crippen molar-refractivity contribution in [3.05, 3.63) is 23.9 Å². The average Bonchev–Trinajstić information content (AvgIpc) is 3.08.